The summed E-state index contributed by atoms with van der Waals surface area (Å²) in [6, 6.07) is 2.88. The molecule has 1 saturated carbocycles. The molecule has 1 aliphatic rings. The van der Waals surface area contributed by atoms with Crippen molar-refractivity contribution in [2.24, 2.45) is 0 Å². The van der Waals surface area contributed by atoms with Crippen molar-refractivity contribution in [3.05, 3.63) is 35.4 Å². The summed E-state index contributed by atoms with van der Waals surface area (Å²) >= 11 is 0. The number of alkyl halides is 2. The minimum absolute atomic E-state index is 0.210. The molecule has 1 aromatic carbocycles. The summed E-state index contributed by atoms with van der Waals surface area (Å²) in [5.74, 6) is -7.92. The Morgan fingerprint density at radius 3 is 2.32 bits per heavy atom. The standard InChI is InChI=1S/C14H15F4NO3/c15-8-3-1-4-9(16)11(8)10(20)7-19-12(21)14(17,18)13(22)5-2-6-13/h1,3-4,10,20,22H,2,5-7H2,(H,19,21). The zero-order valence-corrected chi connectivity index (χ0v) is 11.5. The van der Waals surface area contributed by atoms with Crippen LogP contribution in [0.25, 0.3) is 0 Å². The lowest BCUT2D eigenvalue weighted by atomic mass is 9.75. The van der Waals surface area contributed by atoms with Crippen molar-refractivity contribution in [2.45, 2.75) is 36.9 Å². The molecule has 0 spiro atoms. The highest BCUT2D eigenvalue weighted by molar-refractivity contribution is 5.85. The summed E-state index contributed by atoms with van der Waals surface area (Å²) in [5.41, 5.74) is -3.11. The Morgan fingerprint density at radius 1 is 1.32 bits per heavy atom. The van der Waals surface area contributed by atoms with Gasteiger partial charge in [0.2, 0.25) is 0 Å². The molecule has 1 unspecified atom stereocenters. The van der Waals surface area contributed by atoms with Crippen LogP contribution in [-0.2, 0) is 4.79 Å². The van der Waals surface area contributed by atoms with Crippen molar-refractivity contribution in [3.8, 4) is 0 Å². The van der Waals surface area contributed by atoms with Gasteiger partial charge in [0, 0.05) is 6.54 Å². The lowest BCUT2D eigenvalue weighted by Crippen LogP contribution is -2.60. The first-order valence-electron chi connectivity index (χ1n) is 6.69. The van der Waals surface area contributed by atoms with Crippen LogP contribution >= 0.6 is 0 Å². The molecule has 2 rings (SSSR count). The first-order valence-corrected chi connectivity index (χ1v) is 6.69. The van der Waals surface area contributed by atoms with Crippen LogP contribution in [0.2, 0.25) is 0 Å². The quantitative estimate of drug-likeness (QED) is 0.723. The number of benzene rings is 1. The summed E-state index contributed by atoms with van der Waals surface area (Å²) in [5, 5.41) is 21.0. The van der Waals surface area contributed by atoms with Crippen LogP contribution in [0.1, 0.15) is 30.9 Å². The van der Waals surface area contributed by atoms with Gasteiger partial charge in [-0.2, -0.15) is 8.78 Å². The van der Waals surface area contributed by atoms with Crippen LogP contribution in [0.5, 0.6) is 0 Å². The van der Waals surface area contributed by atoms with E-state index in [0.717, 1.165) is 18.2 Å². The topological polar surface area (TPSA) is 69.6 Å². The predicted molar refractivity (Wildman–Crippen MR) is 68.1 cm³/mol. The molecule has 0 saturated heterocycles. The minimum atomic E-state index is -4.03. The minimum Gasteiger partial charge on any atom is -0.386 e. The molecule has 0 radical (unpaired) electrons. The normalized spacial score (nSPS) is 18.5. The average molecular weight is 321 g/mol. The van der Waals surface area contributed by atoms with Gasteiger partial charge in [-0.15, -0.1) is 0 Å². The maximum absolute atomic E-state index is 13.8. The number of halogens is 4. The Labute approximate surface area is 123 Å². The van der Waals surface area contributed by atoms with Gasteiger partial charge in [0.05, 0.1) is 5.56 Å². The fourth-order valence-electron chi connectivity index (χ4n) is 2.27. The van der Waals surface area contributed by atoms with Crippen LogP contribution < -0.4 is 5.32 Å². The SMILES string of the molecule is O=C(NCC(O)c1c(F)cccc1F)C(F)(F)C1(O)CCC1. The molecule has 3 N–H and O–H groups in total. The summed E-state index contributed by atoms with van der Waals surface area (Å²) in [6.45, 7) is -0.803. The van der Waals surface area contributed by atoms with Crippen LogP contribution in [0.4, 0.5) is 17.6 Å². The zero-order valence-electron chi connectivity index (χ0n) is 11.5. The predicted octanol–water partition coefficient (Wildman–Crippen LogP) is 1.66. The number of hydrogen-bond donors (Lipinski definition) is 3. The van der Waals surface area contributed by atoms with E-state index in [9.17, 15) is 32.6 Å². The average Bonchev–Trinajstić information content (AvgIpc) is 2.41. The van der Waals surface area contributed by atoms with E-state index in [0.29, 0.717) is 6.42 Å². The van der Waals surface area contributed by atoms with Gasteiger partial charge in [-0.25, -0.2) is 8.78 Å². The molecule has 0 aromatic heterocycles. The number of carbonyl (C=O) groups excluding carboxylic acids is 1. The lowest BCUT2D eigenvalue weighted by molar-refractivity contribution is -0.216. The summed E-state index contributed by atoms with van der Waals surface area (Å²) in [7, 11) is 0. The largest absolute Gasteiger partial charge is 0.386 e. The van der Waals surface area contributed by atoms with Crippen molar-refractivity contribution in [1.29, 1.82) is 0 Å². The molecule has 22 heavy (non-hydrogen) atoms. The number of amides is 1. The third-order valence-corrected chi connectivity index (χ3v) is 3.84. The number of aliphatic hydroxyl groups excluding tert-OH is 1. The van der Waals surface area contributed by atoms with E-state index >= 15 is 0 Å². The number of carbonyl (C=O) groups is 1. The summed E-state index contributed by atoms with van der Waals surface area (Å²) in [6.07, 6.45) is -1.87. The molecule has 0 bridgehead atoms. The van der Waals surface area contributed by atoms with E-state index in [2.05, 4.69) is 0 Å². The van der Waals surface area contributed by atoms with Crippen molar-refractivity contribution >= 4 is 5.91 Å². The molecule has 1 fully saturated rings. The molecular formula is C14H15F4NO3. The first-order chi connectivity index (χ1) is 10.2. The van der Waals surface area contributed by atoms with E-state index in [1.54, 1.807) is 5.32 Å². The number of hydrogen-bond acceptors (Lipinski definition) is 3. The van der Waals surface area contributed by atoms with Crippen LogP contribution in [-0.4, -0.2) is 34.2 Å². The van der Waals surface area contributed by atoms with Crippen LogP contribution in [0.3, 0.4) is 0 Å². The third kappa shape index (κ3) is 2.80. The van der Waals surface area contributed by atoms with Gasteiger partial charge in [-0.1, -0.05) is 6.07 Å². The lowest BCUT2D eigenvalue weighted by Gasteiger charge is -2.41. The molecule has 0 aliphatic heterocycles. The molecule has 4 nitrogen and oxygen atoms in total. The van der Waals surface area contributed by atoms with Crippen LogP contribution in [0, 0.1) is 11.6 Å². The molecule has 0 heterocycles. The van der Waals surface area contributed by atoms with E-state index in [1.165, 1.54) is 0 Å². The third-order valence-electron chi connectivity index (χ3n) is 3.84. The summed E-state index contributed by atoms with van der Waals surface area (Å²) < 4.78 is 54.4. The monoisotopic (exact) mass is 321 g/mol. The number of nitrogens with one attached hydrogen (secondary N) is 1. The van der Waals surface area contributed by atoms with E-state index < -0.39 is 47.3 Å². The first kappa shape index (κ1) is 16.7. The molecule has 1 aliphatic carbocycles. The van der Waals surface area contributed by atoms with E-state index in [1.807, 2.05) is 0 Å². The fraction of sp³-hybridized carbons (Fsp3) is 0.500. The van der Waals surface area contributed by atoms with E-state index in [-0.39, 0.29) is 12.8 Å². The van der Waals surface area contributed by atoms with E-state index in [4.69, 9.17) is 0 Å². The Balaban J connectivity index is 2.02. The maximum Gasteiger partial charge on any atom is 0.352 e. The second-order valence-electron chi connectivity index (χ2n) is 5.32. The highest BCUT2D eigenvalue weighted by Crippen LogP contribution is 2.44. The summed E-state index contributed by atoms with van der Waals surface area (Å²) in [4.78, 5) is 11.5. The van der Waals surface area contributed by atoms with Gasteiger partial charge in [0.15, 0.2) is 0 Å². The Hall–Kier alpha value is -1.67. The highest BCUT2D eigenvalue weighted by Gasteiger charge is 2.61. The van der Waals surface area contributed by atoms with Crippen molar-refractivity contribution < 1.29 is 32.6 Å². The van der Waals surface area contributed by atoms with Crippen LogP contribution in [0.15, 0.2) is 18.2 Å². The number of rotatable bonds is 5. The molecule has 1 atom stereocenters. The van der Waals surface area contributed by atoms with Crippen molar-refractivity contribution in [1.82, 2.24) is 5.32 Å². The zero-order chi connectivity index (χ0) is 16.5. The Kier molecular flexibility index (Phi) is 4.44. The van der Waals surface area contributed by atoms with Crippen molar-refractivity contribution in [3.63, 3.8) is 0 Å². The van der Waals surface area contributed by atoms with Gasteiger partial charge in [-0.3, -0.25) is 4.79 Å². The van der Waals surface area contributed by atoms with Gasteiger partial charge in [0.1, 0.15) is 23.3 Å². The van der Waals surface area contributed by atoms with Crippen molar-refractivity contribution in [2.75, 3.05) is 6.54 Å². The second-order valence-corrected chi connectivity index (χ2v) is 5.32. The van der Waals surface area contributed by atoms with Gasteiger partial charge in [0.25, 0.3) is 5.91 Å². The Morgan fingerprint density at radius 2 is 1.86 bits per heavy atom. The highest BCUT2D eigenvalue weighted by atomic mass is 19.3. The van der Waals surface area contributed by atoms with Gasteiger partial charge >= 0.3 is 5.92 Å². The Bertz CT molecular complexity index is 555. The smallest absolute Gasteiger partial charge is 0.352 e. The van der Waals surface area contributed by atoms with Gasteiger partial charge in [-0.05, 0) is 31.4 Å². The molecule has 122 valence electrons. The fourth-order valence-corrected chi connectivity index (χ4v) is 2.27. The molecule has 8 heteroatoms. The maximum atomic E-state index is 13.8. The molecular weight excluding hydrogens is 306 g/mol. The number of aliphatic hydroxyl groups is 2. The second kappa shape index (κ2) is 5.85. The van der Waals surface area contributed by atoms with Gasteiger partial charge < -0.3 is 15.5 Å². The molecule has 1 amide bonds. The molecule has 1 aromatic rings.